The van der Waals surface area contributed by atoms with Crippen molar-refractivity contribution < 1.29 is 19.5 Å². The lowest BCUT2D eigenvalue weighted by Gasteiger charge is -2.34. The molecule has 0 spiro atoms. The zero-order valence-corrected chi connectivity index (χ0v) is 17.8. The summed E-state index contributed by atoms with van der Waals surface area (Å²) in [4.78, 5) is 41.6. The number of Topliss-reactive ketones (excluding diaryl/α,β-unsaturated/α-hetero) is 2. The first-order chi connectivity index (χ1) is 13.7. The summed E-state index contributed by atoms with van der Waals surface area (Å²) in [6.07, 6.45) is 2.00. The molecule has 3 atom stereocenters. The molecular formula is C21H22Cl2N2O4. The molecule has 1 amide bonds. The highest BCUT2D eigenvalue weighted by Gasteiger charge is 2.53. The van der Waals surface area contributed by atoms with Crippen molar-refractivity contribution in [1.29, 1.82) is 0 Å². The first-order valence-corrected chi connectivity index (χ1v) is 10.1. The number of hydrogen-bond acceptors (Lipinski definition) is 5. The van der Waals surface area contributed by atoms with Crippen molar-refractivity contribution >= 4 is 40.7 Å². The van der Waals surface area contributed by atoms with Crippen LogP contribution in [-0.2, 0) is 14.4 Å². The van der Waals surface area contributed by atoms with Gasteiger partial charge in [0.2, 0.25) is 5.78 Å². The number of aliphatic hydroxyl groups excluding tert-OH is 1. The predicted molar refractivity (Wildman–Crippen MR) is 110 cm³/mol. The van der Waals surface area contributed by atoms with E-state index in [-0.39, 0.29) is 10.8 Å². The summed E-state index contributed by atoms with van der Waals surface area (Å²) in [5.74, 6) is -3.37. The summed E-state index contributed by atoms with van der Waals surface area (Å²) >= 11 is 12.2. The van der Waals surface area contributed by atoms with Crippen LogP contribution in [0.4, 0.5) is 0 Å². The standard InChI is InChI=1S/C21H22Cl2N2O4/c1-4-24-10-14(9-15(23)20(24)28)25-17(12-5-7-13(22)8-6-12)16(18(26)11(2)3)19(27)21(25)29/h5-11,16-17,20,28H,4H2,1-3H3. The highest BCUT2D eigenvalue weighted by Crippen LogP contribution is 2.42. The van der Waals surface area contributed by atoms with Gasteiger partial charge in [0.05, 0.1) is 16.8 Å². The van der Waals surface area contributed by atoms with Gasteiger partial charge in [-0.25, -0.2) is 0 Å². The van der Waals surface area contributed by atoms with Crippen LogP contribution < -0.4 is 0 Å². The molecule has 1 aromatic carbocycles. The Morgan fingerprint density at radius 3 is 2.34 bits per heavy atom. The minimum atomic E-state index is -1.13. The van der Waals surface area contributed by atoms with E-state index in [1.165, 1.54) is 11.0 Å². The number of amides is 1. The van der Waals surface area contributed by atoms with Gasteiger partial charge in [-0.3, -0.25) is 19.3 Å². The molecule has 3 unspecified atom stereocenters. The van der Waals surface area contributed by atoms with Gasteiger partial charge in [-0.2, -0.15) is 0 Å². The van der Waals surface area contributed by atoms with Crippen LogP contribution in [0.15, 0.2) is 47.3 Å². The van der Waals surface area contributed by atoms with E-state index in [2.05, 4.69) is 0 Å². The van der Waals surface area contributed by atoms with Crippen molar-refractivity contribution in [2.75, 3.05) is 6.54 Å². The van der Waals surface area contributed by atoms with Gasteiger partial charge < -0.3 is 10.0 Å². The number of carbonyl (C=O) groups is 3. The van der Waals surface area contributed by atoms with Crippen LogP contribution >= 0.6 is 23.2 Å². The van der Waals surface area contributed by atoms with Crippen LogP contribution in [0.3, 0.4) is 0 Å². The zero-order valence-electron chi connectivity index (χ0n) is 16.3. The van der Waals surface area contributed by atoms with Crippen molar-refractivity contribution in [3.63, 3.8) is 0 Å². The zero-order chi connectivity index (χ0) is 21.5. The second kappa shape index (κ2) is 8.30. The average Bonchev–Trinajstić information content (AvgIpc) is 2.95. The Bertz CT molecular complexity index is 908. The fourth-order valence-electron chi connectivity index (χ4n) is 3.64. The largest absolute Gasteiger partial charge is 0.368 e. The lowest BCUT2D eigenvalue weighted by atomic mass is 9.85. The molecule has 1 N–H and O–H groups in total. The molecule has 0 bridgehead atoms. The Hall–Kier alpha value is -2.15. The number of rotatable bonds is 5. The average molecular weight is 437 g/mol. The summed E-state index contributed by atoms with van der Waals surface area (Å²) in [5.41, 5.74) is 0.965. The van der Waals surface area contributed by atoms with Gasteiger partial charge >= 0.3 is 0 Å². The van der Waals surface area contributed by atoms with E-state index in [0.29, 0.717) is 22.8 Å². The molecule has 0 aliphatic carbocycles. The highest BCUT2D eigenvalue weighted by molar-refractivity contribution is 6.43. The molecule has 1 aromatic rings. The van der Waals surface area contributed by atoms with Crippen molar-refractivity contribution in [2.45, 2.75) is 33.0 Å². The van der Waals surface area contributed by atoms with Gasteiger partial charge in [0.15, 0.2) is 6.23 Å². The molecule has 29 heavy (non-hydrogen) atoms. The monoisotopic (exact) mass is 436 g/mol. The number of ketones is 2. The molecule has 2 aliphatic heterocycles. The number of allylic oxidation sites excluding steroid dienone is 1. The van der Waals surface area contributed by atoms with Gasteiger partial charge in [-0.05, 0) is 30.7 Å². The number of carbonyl (C=O) groups excluding carboxylic acids is 3. The molecule has 1 saturated heterocycles. The third-order valence-corrected chi connectivity index (χ3v) is 5.74. The number of nitrogens with zero attached hydrogens (tertiary/aromatic N) is 2. The van der Waals surface area contributed by atoms with Crippen LogP contribution in [0, 0.1) is 11.8 Å². The minimum absolute atomic E-state index is 0.123. The van der Waals surface area contributed by atoms with Crippen molar-refractivity contribution in [3.05, 3.63) is 57.9 Å². The van der Waals surface area contributed by atoms with Crippen LogP contribution in [0.5, 0.6) is 0 Å². The third kappa shape index (κ3) is 3.84. The molecule has 1 fully saturated rings. The number of halogens is 2. The first-order valence-electron chi connectivity index (χ1n) is 9.36. The maximum absolute atomic E-state index is 13.0. The summed E-state index contributed by atoms with van der Waals surface area (Å²) in [6.45, 7) is 5.66. The van der Waals surface area contributed by atoms with E-state index < -0.39 is 35.8 Å². The van der Waals surface area contributed by atoms with E-state index in [9.17, 15) is 19.5 Å². The fraction of sp³-hybridized carbons (Fsp3) is 0.381. The number of likely N-dealkylation sites (N-methyl/N-ethyl adjacent to an activating group) is 1. The summed E-state index contributed by atoms with van der Waals surface area (Å²) < 4.78 is 0. The van der Waals surface area contributed by atoms with Crippen LogP contribution in [0.25, 0.3) is 0 Å². The second-order valence-corrected chi connectivity index (χ2v) is 8.23. The predicted octanol–water partition coefficient (Wildman–Crippen LogP) is 3.25. The van der Waals surface area contributed by atoms with Crippen LogP contribution in [0.1, 0.15) is 32.4 Å². The first kappa shape index (κ1) is 21.6. The maximum Gasteiger partial charge on any atom is 0.295 e. The van der Waals surface area contributed by atoms with E-state index in [4.69, 9.17) is 23.2 Å². The molecule has 2 aliphatic rings. The second-order valence-electron chi connectivity index (χ2n) is 7.36. The van der Waals surface area contributed by atoms with E-state index in [1.54, 1.807) is 49.2 Å². The van der Waals surface area contributed by atoms with Gasteiger partial charge in [0.25, 0.3) is 5.91 Å². The van der Waals surface area contributed by atoms with Crippen LogP contribution in [-0.4, -0.2) is 45.2 Å². The lowest BCUT2D eigenvalue weighted by molar-refractivity contribution is -0.142. The summed E-state index contributed by atoms with van der Waals surface area (Å²) in [5, 5.41) is 10.8. The van der Waals surface area contributed by atoms with Crippen molar-refractivity contribution in [2.24, 2.45) is 11.8 Å². The molecule has 3 rings (SSSR count). The topological polar surface area (TPSA) is 77.9 Å². The molecule has 6 nitrogen and oxygen atoms in total. The molecule has 0 radical (unpaired) electrons. The van der Waals surface area contributed by atoms with Gasteiger partial charge in [-0.15, -0.1) is 0 Å². The maximum atomic E-state index is 13.0. The Balaban J connectivity index is 2.15. The molecule has 2 heterocycles. The minimum Gasteiger partial charge on any atom is -0.368 e. The summed E-state index contributed by atoms with van der Waals surface area (Å²) in [7, 11) is 0. The fourth-order valence-corrected chi connectivity index (χ4v) is 4.00. The van der Waals surface area contributed by atoms with Crippen LogP contribution in [0.2, 0.25) is 5.02 Å². The Morgan fingerprint density at radius 1 is 1.17 bits per heavy atom. The third-order valence-electron chi connectivity index (χ3n) is 5.18. The van der Waals surface area contributed by atoms with E-state index >= 15 is 0 Å². The SMILES string of the molecule is CCN1C=C(N2C(=O)C(=O)C(C(=O)C(C)C)C2c2ccc(Cl)cc2)C=C(Cl)C1O. The van der Waals surface area contributed by atoms with Gasteiger partial charge in [0, 0.05) is 23.7 Å². The Morgan fingerprint density at radius 2 is 1.79 bits per heavy atom. The normalized spacial score (nSPS) is 24.9. The summed E-state index contributed by atoms with van der Waals surface area (Å²) in [6, 6.07) is 5.89. The molecular weight excluding hydrogens is 415 g/mol. The van der Waals surface area contributed by atoms with E-state index in [1.807, 2.05) is 6.92 Å². The Labute approximate surface area is 179 Å². The lowest BCUT2D eigenvalue weighted by Crippen LogP contribution is -2.38. The quantitative estimate of drug-likeness (QED) is 0.565. The number of benzene rings is 1. The molecule has 0 aromatic heterocycles. The van der Waals surface area contributed by atoms with E-state index in [0.717, 1.165) is 0 Å². The number of aliphatic hydroxyl groups is 1. The number of likely N-dealkylation sites (tertiary alicyclic amines) is 1. The van der Waals surface area contributed by atoms with Crippen molar-refractivity contribution in [3.8, 4) is 0 Å². The van der Waals surface area contributed by atoms with Crippen molar-refractivity contribution in [1.82, 2.24) is 9.80 Å². The van der Waals surface area contributed by atoms with Gasteiger partial charge in [-0.1, -0.05) is 49.2 Å². The number of hydrogen-bond donors (Lipinski definition) is 1. The Kier molecular flexibility index (Phi) is 6.17. The van der Waals surface area contributed by atoms with Gasteiger partial charge in [0.1, 0.15) is 11.7 Å². The molecule has 154 valence electrons. The smallest absolute Gasteiger partial charge is 0.295 e. The molecule has 8 heteroatoms. The molecule has 0 saturated carbocycles. The highest BCUT2D eigenvalue weighted by atomic mass is 35.5.